The van der Waals surface area contributed by atoms with E-state index < -0.39 is 0 Å². The van der Waals surface area contributed by atoms with Gasteiger partial charge in [-0.25, -0.2) is 0 Å². The summed E-state index contributed by atoms with van der Waals surface area (Å²) in [6.45, 7) is 0. The molecule has 2 atom stereocenters. The number of hydrogen-bond donors (Lipinski definition) is 1. The highest BCUT2D eigenvalue weighted by atomic mass is 32.1. The minimum absolute atomic E-state index is 0.459. The molecule has 2 heteroatoms. The molecule has 0 amide bonds. The Balaban J connectivity index is 1.99. The van der Waals surface area contributed by atoms with E-state index in [1.165, 1.54) is 23.1 Å². The summed E-state index contributed by atoms with van der Waals surface area (Å²) >= 11 is 1.90. The molecule has 0 fully saturated rings. The lowest BCUT2D eigenvalue weighted by atomic mass is 10.0. The van der Waals surface area contributed by atoms with E-state index in [4.69, 9.17) is 0 Å². The van der Waals surface area contributed by atoms with Crippen molar-refractivity contribution in [2.45, 2.75) is 18.5 Å². The first-order valence-corrected chi connectivity index (χ1v) is 6.22. The summed E-state index contributed by atoms with van der Waals surface area (Å²) in [6.07, 6.45) is 1.17. The normalized spacial score (nSPS) is 26.1. The van der Waals surface area contributed by atoms with Crippen molar-refractivity contribution in [3.63, 3.8) is 0 Å². The molecule has 74 valence electrons. The lowest BCUT2D eigenvalue weighted by molar-refractivity contribution is 0.508. The van der Waals surface area contributed by atoms with Crippen molar-refractivity contribution in [3.05, 3.63) is 57.3 Å². The van der Waals surface area contributed by atoms with Gasteiger partial charge in [0, 0.05) is 17.3 Å². The van der Waals surface area contributed by atoms with Crippen molar-refractivity contribution >= 4 is 11.3 Å². The maximum absolute atomic E-state index is 3.70. The molecule has 1 N–H and O–H groups in total. The zero-order chi connectivity index (χ0) is 9.83. The van der Waals surface area contributed by atoms with Crippen molar-refractivity contribution in [2.24, 2.45) is 0 Å². The lowest BCUT2D eigenvalue weighted by Crippen LogP contribution is -2.25. The summed E-state index contributed by atoms with van der Waals surface area (Å²) in [7, 11) is 0. The van der Waals surface area contributed by atoms with E-state index in [2.05, 4.69) is 41.0 Å². The predicted octanol–water partition coefficient (Wildman–Crippen LogP) is 3.04. The Bertz CT molecular complexity index is 529. The molecule has 1 nitrogen and oxygen atoms in total. The maximum atomic E-state index is 3.70. The van der Waals surface area contributed by atoms with Gasteiger partial charge in [0.15, 0.2) is 0 Å². The zero-order valence-electron chi connectivity index (χ0n) is 8.23. The minimum atomic E-state index is 0.459. The molecule has 15 heavy (non-hydrogen) atoms. The molecule has 2 bridgehead atoms. The number of fused-ring (bicyclic) bond motifs is 7. The third kappa shape index (κ3) is 0.959. The molecule has 0 aliphatic carbocycles. The third-order valence-corrected chi connectivity index (χ3v) is 4.49. The second-order valence-corrected chi connectivity index (χ2v) is 5.29. The van der Waals surface area contributed by atoms with E-state index in [1.54, 1.807) is 4.88 Å². The van der Waals surface area contributed by atoms with Crippen LogP contribution in [0.25, 0.3) is 0 Å². The smallest absolute Gasteiger partial charge is 0.0595 e. The average Bonchev–Trinajstić information content (AvgIpc) is 2.85. The summed E-state index contributed by atoms with van der Waals surface area (Å²) in [5.41, 5.74) is 4.49. The molecule has 0 radical (unpaired) electrons. The van der Waals surface area contributed by atoms with Gasteiger partial charge in [-0.15, -0.1) is 11.3 Å². The van der Waals surface area contributed by atoms with Crippen LogP contribution in [0.3, 0.4) is 0 Å². The summed E-state index contributed by atoms with van der Waals surface area (Å²) in [4.78, 5) is 1.57. The average molecular weight is 213 g/mol. The van der Waals surface area contributed by atoms with Gasteiger partial charge < -0.3 is 0 Å². The van der Waals surface area contributed by atoms with Gasteiger partial charge in [0.1, 0.15) is 0 Å². The van der Waals surface area contributed by atoms with Gasteiger partial charge in [-0.2, -0.15) is 0 Å². The van der Waals surface area contributed by atoms with Crippen LogP contribution in [0.2, 0.25) is 0 Å². The van der Waals surface area contributed by atoms with Gasteiger partial charge in [0.2, 0.25) is 0 Å². The first-order valence-electron chi connectivity index (χ1n) is 5.34. The van der Waals surface area contributed by atoms with Gasteiger partial charge in [0.05, 0.1) is 6.04 Å². The van der Waals surface area contributed by atoms with E-state index >= 15 is 0 Å². The molecule has 0 saturated carbocycles. The van der Waals surface area contributed by atoms with Crippen LogP contribution in [0.4, 0.5) is 0 Å². The molecule has 2 aliphatic heterocycles. The molecule has 1 aromatic heterocycles. The number of nitrogens with one attached hydrogen (secondary N) is 1. The Morgan fingerprint density at radius 1 is 1.07 bits per heavy atom. The summed E-state index contributed by atoms with van der Waals surface area (Å²) in [5.74, 6) is 0. The lowest BCUT2D eigenvalue weighted by Gasteiger charge is -2.21. The second-order valence-electron chi connectivity index (χ2n) is 4.28. The topological polar surface area (TPSA) is 12.0 Å². The first-order chi connectivity index (χ1) is 7.43. The highest BCUT2D eigenvalue weighted by Crippen LogP contribution is 2.45. The molecule has 2 aromatic rings. The molecular formula is C13H11NS. The Labute approximate surface area is 92.8 Å². The number of hydrogen-bond acceptors (Lipinski definition) is 2. The van der Waals surface area contributed by atoms with Crippen LogP contribution < -0.4 is 5.32 Å². The predicted molar refractivity (Wildman–Crippen MR) is 62.2 cm³/mol. The van der Waals surface area contributed by atoms with E-state index in [9.17, 15) is 0 Å². The van der Waals surface area contributed by atoms with Crippen molar-refractivity contribution in [2.75, 3.05) is 0 Å². The Morgan fingerprint density at radius 3 is 2.87 bits per heavy atom. The van der Waals surface area contributed by atoms with Crippen molar-refractivity contribution < 1.29 is 0 Å². The molecular weight excluding hydrogens is 202 g/mol. The standard InChI is InChI=1S/C13H11NS/c1-2-4-9-8(3-1)11-7-12-10(5-6-15-12)13(9)14-11/h1-6,11,13-14H,7H2. The second kappa shape index (κ2) is 2.71. The van der Waals surface area contributed by atoms with Crippen LogP contribution in [0.5, 0.6) is 0 Å². The first kappa shape index (κ1) is 8.08. The third-order valence-electron chi connectivity index (χ3n) is 3.53. The largest absolute Gasteiger partial charge is 0.299 e. The fourth-order valence-electron chi connectivity index (χ4n) is 2.86. The highest BCUT2D eigenvalue weighted by molar-refractivity contribution is 7.10. The van der Waals surface area contributed by atoms with Crippen LogP contribution in [0.15, 0.2) is 35.7 Å². The minimum Gasteiger partial charge on any atom is -0.299 e. The Kier molecular flexibility index (Phi) is 1.46. The molecule has 0 saturated heterocycles. The van der Waals surface area contributed by atoms with Crippen LogP contribution in [-0.2, 0) is 6.42 Å². The molecule has 2 unspecified atom stereocenters. The number of benzene rings is 1. The zero-order valence-corrected chi connectivity index (χ0v) is 9.05. The van der Waals surface area contributed by atoms with Crippen molar-refractivity contribution in [1.82, 2.24) is 5.32 Å². The van der Waals surface area contributed by atoms with Gasteiger partial charge in [-0.05, 0) is 28.1 Å². The van der Waals surface area contributed by atoms with E-state index in [0.29, 0.717) is 12.1 Å². The SMILES string of the molecule is c1ccc2c(c1)C1Cc3sccc3C2N1. The number of thiophene rings is 1. The fraction of sp³-hybridized carbons (Fsp3) is 0.231. The monoisotopic (exact) mass is 213 g/mol. The Hall–Kier alpha value is -1.12. The van der Waals surface area contributed by atoms with Crippen LogP contribution >= 0.6 is 11.3 Å². The maximum Gasteiger partial charge on any atom is 0.0595 e. The summed E-state index contributed by atoms with van der Waals surface area (Å²) < 4.78 is 0. The van der Waals surface area contributed by atoms with Crippen LogP contribution in [-0.4, -0.2) is 0 Å². The fourth-order valence-corrected chi connectivity index (χ4v) is 3.82. The van der Waals surface area contributed by atoms with E-state index in [-0.39, 0.29) is 0 Å². The van der Waals surface area contributed by atoms with Crippen molar-refractivity contribution in [1.29, 1.82) is 0 Å². The highest BCUT2D eigenvalue weighted by Gasteiger charge is 2.36. The van der Waals surface area contributed by atoms with Crippen LogP contribution in [0.1, 0.15) is 33.7 Å². The van der Waals surface area contributed by atoms with Gasteiger partial charge in [-0.1, -0.05) is 24.3 Å². The van der Waals surface area contributed by atoms with Gasteiger partial charge in [0.25, 0.3) is 0 Å². The molecule has 1 aromatic carbocycles. The van der Waals surface area contributed by atoms with E-state index in [1.807, 2.05) is 11.3 Å². The molecule has 4 rings (SSSR count). The number of rotatable bonds is 0. The quantitative estimate of drug-likeness (QED) is 0.709. The van der Waals surface area contributed by atoms with E-state index in [0.717, 1.165) is 0 Å². The van der Waals surface area contributed by atoms with Gasteiger partial charge in [-0.3, -0.25) is 5.32 Å². The molecule has 0 spiro atoms. The molecule has 2 aliphatic rings. The molecule has 3 heterocycles. The van der Waals surface area contributed by atoms with Crippen LogP contribution in [0, 0.1) is 0 Å². The Morgan fingerprint density at radius 2 is 1.93 bits per heavy atom. The summed E-state index contributed by atoms with van der Waals surface area (Å²) in [5, 5.41) is 5.92. The summed E-state index contributed by atoms with van der Waals surface area (Å²) in [6, 6.07) is 12.1. The van der Waals surface area contributed by atoms with Crippen molar-refractivity contribution in [3.8, 4) is 0 Å². The van der Waals surface area contributed by atoms with Gasteiger partial charge >= 0.3 is 0 Å².